The largest absolute Gasteiger partial charge is 0.478 e. The average Bonchev–Trinajstić information content (AvgIpc) is 3.03. The first-order valence-corrected chi connectivity index (χ1v) is 7.91. The molecule has 0 bridgehead atoms. The molecule has 4 rings (SSSR count). The van der Waals surface area contributed by atoms with E-state index in [1.807, 2.05) is 12.1 Å². The fraction of sp³-hybridized carbons (Fsp3) is 0.316. The zero-order valence-electron chi connectivity index (χ0n) is 12.4. The van der Waals surface area contributed by atoms with Gasteiger partial charge >= 0.3 is 5.97 Å². The van der Waals surface area contributed by atoms with Gasteiger partial charge in [-0.3, -0.25) is 4.90 Å². The molecule has 0 aliphatic carbocycles. The van der Waals surface area contributed by atoms with Crippen LogP contribution in [0.1, 0.15) is 51.8 Å². The maximum Gasteiger partial charge on any atom is 0.335 e. The Morgan fingerprint density at radius 3 is 2.45 bits per heavy atom. The molecule has 112 valence electrons. The van der Waals surface area contributed by atoms with E-state index in [4.69, 9.17) is 0 Å². The predicted octanol–water partition coefficient (Wildman–Crippen LogP) is 3.67. The molecule has 2 aromatic rings. The van der Waals surface area contributed by atoms with Gasteiger partial charge in [0.25, 0.3) is 0 Å². The van der Waals surface area contributed by atoms with E-state index in [2.05, 4.69) is 29.2 Å². The number of benzene rings is 2. The van der Waals surface area contributed by atoms with Crippen molar-refractivity contribution in [2.75, 3.05) is 13.1 Å². The van der Waals surface area contributed by atoms with Gasteiger partial charge in [-0.25, -0.2) is 4.79 Å². The number of rotatable bonds is 2. The second-order valence-electron chi connectivity index (χ2n) is 6.23. The lowest BCUT2D eigenvalue weighted by Gasteiger charge is -2.37. The number of fused-ring (bicyclic) bond motifs is 3. The molecule has 2 aliphatic rings. The third-order valence-electron chi connectivity index (χ3n) is 5.08. The summed E-state index contributed by atoms with van der Waals surface area (Å²) in [6, 6.07) is 16.5. The van der Waals surface area contributed by atoms with E-state index in [0.717, 1.165) is 18.7 Å². The monoisotopic (exact) mass is 293 g/mol. The van der Waals surface area contributed by atoms with Crippen LogP contribution in [0.5, 0.6) is 0 Å². The van der Waals surface area contributed by atoms with Gasteiger partial charge in [0.05, 0.1) is 5.56 Å². The van der Waals surface area contributed by atoms with Crippen LogP contribution < -0.4 is 0 Å². The van der Waals surface area contributed by atoms with Gasteiger partial charge in [0.1, 0.15) is 0 Å². The Balaban J connectivity index is 1.86. The van der Waals surface area contributed by atoms with Gasteiger partial charge in [-0.05, 0) is 42.1 Å². The van der Waals surface area contributed by atoms with Crippen molar-refractivity contribution in [3.05, 3.63) is 70.8 Å². The van der Waals surface area contributed by atoms with Crippen LogP contribution in [-0.4, -0.2) is 29.1 Å². The van der Waals surface area contributed by atoms with E-state index in [1.165, 1.54) is 24.0 Å². The summed E-state index contributed by atoms with van der Waals surface area (Å²) < 4.78 is 0. The molecular formula is C19H19NO2. The Bertz CT molecular complexity index is 725. The third kappa shape index (κ3) is 2.04. The molecule has 0 saturated carbocycles. The highest BCUT2D eigenvalue weighted by molar-refractivity contribution is 5.89. The number of carboxylic acid groups (broad SMARTS) is 1. The highest BCUT2D eigenvalue weighted by Gasteiger charge is 2.37. The summed E-state index contributed by atoms with van der Waals surface area (Å²) in [6.45, 7) is 2.04. The maximum atomic E-state index is 11.6. The number of carboxylic acids is 1. The van der Waals surface area contributed by atoms with Gasteiger partial charge in [-0.2, -0.15) is 0 Å². The van der Waals surface area contributed by atoms with Crippen molar-refractivity contribution in [3.8, 4) is 0 Å². The normalized spacial score (nSPS) is 23.8. The predicted molar refractivity (Wildman–Crippen MR) is 85.2 cm³/mol. The molecule has 2 aliphatic heterocycles. The average molecular weight is 293 g/mol. The molecule has 0 radical (unpaired) electrons. The van der Waals surface area contributed by atoms with Crippen LogP contribution in [0.2, 0.25) is 0 Å². The molecule has 0 amide bonds. The van der Waals surface area contributed by atoms with Gasteiger partial charge in [0.15, 0.2) is 0 Å². The van der Waals surface area contributed by atoms with Crippen LogP contribution >= 0.6 is 0 Å². The minimum absolute atomic E-state index is 0.151. The molecular weight excluding hydrogens is 274 g/mol. The second kappa shape index (κ2) is 5.25. The van der Waals surface area contributed by atoms with Crippen molar-refractivity contribution >= 4 is 5.97 Å². The standard InChI is InChI=1S/C19H19NO2/c21-19(22)16-9-4-2-7-14(16)17-12-20-11-5-10-18(20)15-8-3-1-6-13(15)17/h1-4,6-9,17-18H,5,10-12H2,(H,21,22)/t17-,18-/m1/s1. The van der Waals surface area contributed by atoms with Gasteiger partial charge in [-0.1, -0.05) is 42.5 Å². The number of carbonyl (C=O) groups is 1. The van der Waals surface area contributed by atoms with Crippen molar-refractivity contribution in [2.45, 2.75) is 24.8 Å². The molecule has 0 aromatic heterocycles. The smallest absolute Gasteiger partial charge is 0.335 e. The van der Waals surface area contributed by atoms with Crippen LogP contribution in [0.4, 0.5) is 0 Å². The zero-order valence-corrected chi connectivity index (χ0v) is 12.4. The first-order chi connectivity index (χ1) is 10.8. The van der Waals surface area contributed by atoms with Crippen LogP contribution in [0, 0.1) is 0 Å². The summed E-state index contributed by atoms with van der Waals surface area (Å²) in [6.07, 6.45) is 2.44. The number of nitrogens with zero attached hydrogens (tertiary/aromatic N) is 1. The van der Waals surface area contributed by atoms with Crippen LogP contribution in [0.3, 0.4) is 0 Å². The Labute approximate surface area is 130 Å². The minimum Gasteiger partial charge on any atom is -0.478 e. The van der Waals surface area contributed by atoms with Crippen molar-refractivity contribution < 1.29 is 9.90 Å². The van der Waals surface area contributed by atoms with E-state index in [1.54, 1.807) is 12.1 Å². The molecule has 0 unspecified atom stereocenters. The van der Waals surface area contributed by atoms with Crippen LogP contribution in [-0.2, 0) is 0 Å². The van der Waals surface area contributed by atoms with Gasteiger partial charge in [0.2, 0.25) is 0 Å². The molecule has 1 fully saturated rings. The first kappa shape index (κ1) is 13.5. The molecule has 3 heteroatoms. The summed E-state index contributed by atoms with van der Waals surface area (Å²) in [5.41, 5.74) is 4.06. The van der Waals surface area contributed by atoms with Gasteiger partial charge in [0, 0.05) is 18.5 Å². The van der Waals surface area contributed by atoms with E-state index < -0.39 is 5.97 Å². The van der Waals surface area contributed by atoms with Gasteiger partial charge < -0.3 is 5.11 Å². The third-order valence-corrected chi connectivity index (χ3v) is 5.08. The molecule has 1 saturated heterocycles. The highest BCUT2D eigenvalue weighted by Crippen LogP contribution is 2.44. The first-order valence-electron chi connectivity index (χ1n) is 7.91. The molecule has 0 spiro atoms. The Kier molecular flexibility index (Phi) is 3.23. The second-order valence-corrected chi connectivity index (χ2v) is 6.23. The summed E-state index contributed by atoms with van der Waals surface area (Å²) >= 11 is 0. The molecule has 22 heavy (non-hydrogen) atoms. The van der Waals surface area contributed by atoms with E-state index in [-0.39, 0.29) is 5.92 Å². The Hall–Kier alpha value is -2.13. The lowest BCUT2D eigenvalue weighted by molar-refractivity contribution is 0.0695. The van der Waals surface area contributed by atoms with E-state index in [0.29, 0.717) is 11.6 Å². The molecule has 2 heterocycles. The maximum absolute atomic E-state index is 11.6. The summed E-state index contributed by atoms with van der Waals surface area (Å²) in [7, 11) is 0. The zero-order chi connectivity index (χ0) is 15.1. The topological polar surface area (TPSA) is 40.5 Å². The molecule has 2 atom stereocenters. The summed E-state index contributed by atoms with van der Waals surface area (Å²) in [4.78, 5) is 14.1. The fourth-order valence-electron chi connectivity index (χ4n) is 4.12. The quantitative estimate of drug-likeness (QED) is 0.918. The highest BCUT2D eigenvalue weighted by atomic mass is 16.4. The number of hydrogen-bond donors (Lipinski definition) is 1. The van der Waals surface area contributed by atoms with Crippen molar-refractivity contribution in [2.24, 2.45) is 0 Å². The summed E-state index contributed by atoms with van der Waals surface area (Å²) in [5, 5.41) is 9.52. The molecule has 3 nitrogen and oxygen atoms in total. The number of hydrogen-bond acceptors (Lipinski definition) is 2. The number of aromatic carboxylic acids is 1. The molecule has 2 aromatic carbocycles. The van der Waals surface area contributed by atoms with Crippen LogP contribution in [0.15, 0.2) is 48.5 Å². The fourth-order valence-corrected chi connectivity index (χ4v) is 4.12. The Morgan fingerprint density at radius 1 is 1.00 bits per heavy atom. The van der Waals surface area contributed by atoms with E-state index in [9.17, 15) is 9.90 Å². The lowest BCUT2D eigenvalue weighted by atomic mass is 9.80. The Morgan fingerprint density at radius 2 is 1.68 bits per heavy atom. The SMILES string of the molecule is O=C(O)c1ccccc1[C@@H]1CN2CCC[C@@H]2c2ccccc21. The van der Waals surface area contributed by atoms with Crippen molar-refractivity contribution in [3.63, 3.8) is 0 Å². The van der Waals surface area contributed by atoms with E-state index >= 15 is 0 Å². The van der Waals surface area contributed by atoms with Gasteiger partial charge in [-0.15, -0.1) is 0 Å². The minimum atomic E-state index is -0.836. The molecule has 1 N–H and O–H groups in total. The van der Waals surface area contributed by atoms with Crippen molar-refractivity contribution in [1.82, 2.24) is 4.90 Å². The summed E-state index contributed by atoms with van der Waals surface area (Å²) in [5.74, 6) is -0.686. The lowest BCUT2D eigenvalue weighted by Crippen LogP contribution is -2.35. The van der Waals surface area contributed by atoms with Crippen molar-refractivity contribution in [1.29, 1.82) is 0 Å². The van der Waals surface area contributed by atoms with Crippen LogP contribution in [0.25, 0.3) is 0 Å².